The molecule has 1 aromatic rings. The normalized spacial score (nSPS) is 16.6. The number of ether oxygens (including phenoxy) is 2. The van der Waals surface area contributed by atoms with Crippen molar-refractivity contribution in [1.82, 2.24) is 9.97 Å². The van der Waals surface area contributed by atoms with Gasteiger partial charge in [-0.05, 0) is 18.8 Å². The summed E-state index contributed by atoms with van der Waals surface area (Å²) >= 11 is 0. The Morgan fingerprint density at radius 2 is 2.00 bits per heavy atom. The highest BCUT2D eigenvalue weighted by molar-refractivity contribution is 5.30. The molecule has 1 aliphatic rings. The molecule has 2 rings (SSSR count). The molecular weight excluding hydrogens is 258 g/mol. The van der Waals surface area contributed by atoms with Crippen LogP contribution in [0.3, 0.4) is 0 Å². The summed E-state index contributed by atoms with van der Waals surface area (Å²) in [6.45, 7) is 3.73. The highest BCUT2D eigenvalue weighted by atomic mass is 16.5. The van der Waals surface area contributed by atoms with Crippen LogP contribution in [0.1, 0.15) is 18.4 Å². The predicted molar refractivity (Wildman–Crippen MR) is 75.6 cm³/mol. The largest absolute Gasteiger partial charge is 0.394 e. The lowest BCUT2D eigenvalue weighted by Gasteiger charge is -2.31. The lowest BCUT2D eigenvalue weighted by atomic mass is 9.98. The number of aliphatic hydroxyl groups is 1. The average Bonchev–Trinajstić information content (AvgIpc) is 2.49. The Morgan fingerprint density at radius 1 is 1.30 bits per heavy atom. The van der Waals surface area contributed by atoms with Crippen LogP contribution in [0, 0.1) is 5.92 Å². The van der Waals surface area contributed by atoms with E-state index in [2.05, 4.69) is 14.9 Å². The number of hydrogen-bond acceptors (Lipinski definition) is 6. The van der Waals surface area contributed by atoms with Gasteiger partial charge in [0.05, 0.1) is 19.8 Å². The Bertz CT molecular complexity index is 378. The quantitative estimate of drug-likeness (QED) is 0.747. The third kappa shape index (κ3) is 4.40. The molecule has 0 amide bonds. The van der Waals surface area contributed by atoms with E-state index in [-0.39, 0.29) is 6.61 Å². The molecule has 1 fully saturated rings. The smallest absolute Gasteiger partial charge is 0.225 e. The molecule has 0 bridgehead atoms. The van der Waals surface area contributed by atoms with Gasteiger partial charge >= 0.3 is 0 Å². The second-order valence-electron chi connectivity index (χ2n) is 5.05. The third-order valence-corrected chi connectivity index (χ3v) is 3.49. The number of aliphatic hydroxyl groups excluding tert-OH is 1. The average molecular weight is 281 g/mol. The van der Waals surface area contributed by atoms with Crippen molar-refractivity contribution in [2.75, 3.05) is 44.9 Å². The van der Waals surface area contributed by atoms with Crippen molar-refractivity contribution < 1.29 is 14.6 Å². The molecule has 0 unspecified atom stereocenters. The molecule has 1 N–H and O–H groups in total. The van der Waals surface area contributed by atoms with E-state index in [0.717, 1.165) is 44.0 Å². The fraction of sp³-hybridized carbons (Fsp3) is 0.714. The van der Waals surface area contributed by atoms with Gasteiger partial charge in [-0.1, -0.05) is 0 Å². The number of nitrogens with zero attached hydrogens (tertiary/aromatic N) is 3. The van der Waals surface area contributed by atoms with E-state index in [0.29, 0.717) is 19.1 Å². The van der Waals surface area contributed by atoms with Gasteiger partial charge in [0.1, 0.15) is 0 Å². The summed E-state index contributed by atoms with van der Waals surface area (Å²) in [5.41, 5.74) is 0.989. The fourth-order valence-electron chi connectivity index (χ4n) is 2.37. The molecule has 0 spiro atoms. The van der Waals surface area contributed by atoms with Crippen LogP contribution < -0.4 is 4.90 Å². The summed E-state index contributed by atoms with van der Waals surface area (Å²) in [7, 11) is 1.66. The maximum absolute atomic E-state index is 8.69. The number of aromatic nitrogens is 2. The van der Waals surface area contributed by atoms with Crippen molar-refractivity contribution >= 4 is 5.95 Å². The first-order valence-corrected chi connectivity index (χ1v) is 7.07. The van der Waals surface area contributed by atoms with Crippen molar-refractivity contribution in [2.45, 2.75) is 19.4 Å². The monoisotopic (exact) mass is 281 g/mol. The van der Waals surface area contributed by atoms with Crippen LogP contribution in [0.25, 0.3) is 0 Å². The maximum Gasteiger partial charge on any atom is 0.225 e. The first-order valence-electron chi connectivity index (χ1n) is 7.07. The Kier molecular flexibility index (Phi) is 6.17. The van der Waals surface area contributed by atoms with Crippen LogP contribution in [0.15, 0.2) is 12.4 Å². The van der Waals surface area contributed by atoms with Gasteiger partial charge in [-0.25, -0.2) is 9.97 Å². The van der Waals surface area contributed by atoms with E-state index in [4.69, 9.17) is 14.6 Å². The highest BCUT2D eigenvalue weighted by Gasteiger charge is 2.20. The number of methoxy groups -OCH3 is 1. The lowest BCUT2D eigenvalue weighted by molar-refractivity contribution is 0.0615. The van der Waals surface area contributed by atoms with Gasteiger partial charge in [0.25, 0.3) is 0 Å². The van der Waals surface area contributed by atoms with E-state index in [1.54, 1.807) is 7.11 Å². The van der Waals surface area contributed by atoms with E-state index in [1.165, 1.54) is 0 Å². The van der Waals surface area contributed by atoms with Crippen molar-refractivity contribution in [3.05, 3.63) is 18.0 Å². The zero-order valence-corrected chi connectivity index (χ0v) is 12.0. The van der Waals surface area contributed by atoms with Crippen LogP contribution in [0.5, 0.6) is 0 Å². The number of rotatable bonds is 7. The third-order valence-electron chi connectivity index (χ3n) is 3.49. The Balaban J connectivity index is 1.78. The molecule has 1 aromatic heterocycles. The lowest BCUT2D eigenvalue weighted by Crippen LogP contribution is -2.36. The Labute approximate surface area is 119 Å². The molecule has 6 heteroatoms. The molecule has 2 heterocycles. The molecule has 20 heavy (non-hydrogen) atoms. The van der Waals surface area contributed by atoms with E-state index in [9.17, 15) is 0 Å². The van der Waals surface area contributed by atoms with Crippen LogP contribution in [0.2, 0.25) is 0 Å². The number of piperidine rings is 1. The molecule has 0 radical (unpaired) electrons. The molecule has 1 aliphatic heterocycles. The number of hydrogen-bond donors (Lipinski definition) is 1. The number of anilines is 1. The van der Waals surface area contributed by atoms with E-state index < -0.39 is 0 Å². The first kappa shape index (κ1) is 15.2. The zero-order valence-electron chi connectivity index (χ0n) is 12.0. The molecule has 0 aromatic carbocycles. The van der Waals surface area contributed by atoms with Gasteiger partial charge in [0.15, 0.2) is 0 Å². The molecule has 0 aliphatic carbocycles. The minimum absolute atomic E-state index is 0.0977. The van der Waals surface area contributed by atoms with E-state index in [1.807, 2.05) is 12.4 Å². The summed E-state index contributed by atoms with van der Waals surface area (Å²) in [4.78, 5) is 11.0. The summed E-state index contributed by atoms with van der Waals surface area (Å²) in [5, 5.41) is 8.69. The molecule has 1 saturated heterocycles. The standard InChI is InChI=1S/C14H23N3O3/c1-19-10-13-8-15-14(16-9-13)17-4-2-12(3-5-17)11-20-7-6-18/h8-9,12,18H,2-7,10-11H2,1H3. The van der Waals surface area contributed by atoms with Crippen LogP contribution in [-0.2, 0) is 16.1 Å². The van der Waals surface area contributed by atoms with Crippen LogP contribution >= 0.6 is 0 Å². The van der Waals surface area contributed by atoms with E-state index >= 15 is 0 Å². The van der Waals surface area contributed by atoms with Crippen molar-refractivity contribution in [2.24, 2.45) is 5.92 Å². The van der Waals surface area contributed by atoms with Gasteiger partial charge in [-0.2, -0.15) is 0 Å². The summed E-state index contributed by atoms with van der Waals surface area (Å²) < 4.78 is 10.4. The highest BCUT2D eigenvalue weighted by Crippen LogP contribution is 2.20. The maximum atomic E-state index is 8.69. The Hall–Kier alpha value is -1.24. The molecule has 0 atom stereocenters. The molecule has 112 valence electrons. The predicted octanol–water partition coefficient (Wildman–Crippen LogP) is 0.848. The van der Waals surface area contributed by atoms with Gasteiger partial charge in [0.2, 0.25) is 5.95 Å². The SMILES string of the molecule is COCc1cnc(N2CCC(COCCO)CC2)nc1. The molecule has 6 nitrogen and oxygen atoms in total. The van der Waals surface area contributed by atoms with Gasteiger partial charge in [-0.15, -0.1) is 0 Å². The molecular formula is C14H23N3O3. The summed E-state index contributed by atoms with van der Waals surface area (Å²) in [6, 6.07) is 0. The van der Waals surface area contributed by atoms with Crippen LogP contribution in [0.4, 0.5) is 5.95 Å². The zero-order chi connectivity index (χ0) is 14.2. The second kappa shape index (κ2) is 8.14. The minimum atomic E-state index is 0.0977. The van der Waals surface area contributed by atoms with Crippen LogP contribution in [-0.4, -0.2) is 55.1 Å². The van der Waals surface area contributed by atoms with Gasteiger partial charge < -0.3 is 19.5 Å². The first-order chi connectivity index (χ1) is 9.83. The Morgan fingerprint density at radius 3 is 2.60 bits per heavy atom. The van der Waals surface area contributed by atoms with Crippen molar-refractivity contribution in [1.29, 1.82) is 0 Å². The van der Waals surface area contributed by atoms with Crippen molar-refractivity contribution in [3.8, 4) is 0 Å². The summed E-state index contributed by atoms with van der Waals surface area (Å²) in [6.07, 6.45) is 5.80. The fourth-order valence-corrected chi connectivity index (χ4v) is 2.37. The summed E-state index contributed by atoms with van der Waals surface area (Å²) in [5.74, 6) is 1.37. The minimum Gasteiger partial charge on any atom is -0.394 e. The van der Waals surface area contributed by atoms with Gasteiger partial charge in [-0.3, -0.25) is 0 Å². The van der Waals surface area contributed by atoms with Crippen molar-refractivity contribution in [3.63, 3.8) is 0 Å². The molecule has 0 saturated carbocycles. The van der Waals surface area contributed by atoms with Gasteiger partial charge in [0, 0.05) is 44.8 Å². The second-order valence-corrected chi connectivity index (χ2v) is 5.05. The topological polar surface area (TPSA) is 67.7 Å².